The maximum Gasteiger partial charge on any atom is 0.303 e. The molecule has 122 valence electrons. The molecule has 5 heteroatoms. The van der Waals surface area contributed by atoms with Crippen molar-refractivity contribution in [2.24, 2.45) is 5.92 Å². The fourth-order valence-electron chi connectivity index (χ4n) is 2.99. The highest BCUT2D eigenvalue weighted by Crippen LogP contribution is 2.23. The van der Waals surface area contributed by atoms with E-state index in [2.05, 4.69) is 17.1 Å². The molecule has 21 heavy (non-hydrogen) atoms. The Morgan fingerprint density at radius 2 is 1.90 bits per heavy atom. The minimum absolute atomic E-state index is 0.0928. The van der Waals surface area contributed by atoms with Gasteiger partial charge in [-0.1, -0.05) is 13.3 Å². The molecule has 0 aromatic heterocycles. The second kappa shape index (κ2) is 9.03. The van der Waals surface area contributed by atoms with Crippen molar-refractivity contribution in [3.8, 4) is 0 Å². The molecule has 0 radical (unpaired) electrons. The second-order valence-electron chi connectivity index (χ2n) is 6.29. The number of hydrogen-bond acceptors (Lipinski definition) is 3. The van der Waals surface area contributed by atoms with Gasteiger partial charge in [-0.25, -0.2) is 0 Å². The first-order chi connectivity index (χ1) is 9.93. The van der Waals surface area contributed by atoms with Gasteiger partial charge in [-0.3, -0.25) is 14.5 Å². The van der Waals surface area contributed by atoms with Crippen LogP contribution in [0.2, 0.25) is 0 Å². The maximum absolute atomic E-state index is 12.2. The summed E-state index contributed by atoms with van der Waals surface area (Å²) in [6, 6.07) is 0.141. The van der Waals surface area contributed by atoms with Gasteiger partial charge in [0.1, 0.15) is 0 Å². The number of rotatable bonds is 8. The van der Waals surface area contributed by atoms with Crippen LogP contribution >= 0.6 is 0 Å². The topological polar surface area (TPSA) is 69.6 Å². The number of nitrogens with zero attached hydrogens (tertiary/aromatic N) is 1. The minimum atomic E-state index is -0.713. The lowest BCUT2D eigenvalue weighted by Gasteiger charge is -2.35. The van der Waals surface area contributed by atoms with Gasteiger partial charge in [0, 0.05) is 12.5 Å². The van der Waals surface area contributed by atoms with E-state index in [-0.39, 0.29) is 24.4 Å². The zero-order chi connectivity index (χ0) is 15.8. The van der Waals surface area contributed by atoms with Crippen LogP contribution in [0, 0.1) is 5.92 Å². The number of carboxylic acid groups (broad SMARTS) is 1. The SMILES string of the molecule is CCCC(C)NC(=O)C(C)N1CCC(CCC(=O)O)CC1. The lowest BCUT2D eigenvalue weighted by molar-refractivity contribution is -0.137. The molecule has 0 aliphatic carbocycles. The van der Waals surface area contributed by atoms with Crippen molar-refractivity contribution in [2.45, 2.75) is 71.4 Å². The van der Waals surface area contributed by atoms with Gasteiger partial charge in [-0.05, 0) is 58.5 Å². The molecule has 0 spiro atoms. The summed E-state index contributed by atoms with van der Waals surface area (Å²) < 4.78 is 0. The van der Waals surface area contributed by atoms with Gasteiger partial charge in [0.2, 0.25) is 5.91 Å². The molecule has 2 atom stereocenters. The number of carboxylic acids is 1. The fraction of sp³-hybridized carbons (Fsp3) is 0.875. The smallest absolute Gasteiger partial charge is 0.303 e. The zero-order valence-corrected chi connectivity index (χ0v) is 13.6. The molecule has 0 aromatic rings. The van der Waals surface area contributed by atoms with Gasteiger partial charge >= 0.3 is 5.97 Å². The first-order valence-electron chi connectivity index (χ1n) is 8.20. The van der Waals surface area contributed by atoms with E-state index >= 15 is 0 Å². The van der Waals surface area contributed by atoms with E-state index in [9.17, 15) is 9.59 Å². The summed E-state index contributed by atoms with van der Waals surface area (Å²) in [5.74, 6) is -0.110. The molecule has 1 amide bonds. The summed E-state index contributed by atoms with van der Waals surface area (Å²) in [4.78, 5) is 25.0. The molecule has 0 saturated carbocycles. The van der Waals surface area contributed by atoms with Crippen molar-refractivity contribution in [2.75, 3.05) is 13.1 Å². The summed E-state index contributed by atoms with van der Waals surface area (Å²) in [6.07, 6.45) is 5.10. The minimum Gasteiger partial charge on any atom is -0.481 e. The lowest BCUT2D eigenvalue weighted by atomic mass is 9.91. The van der Waals surface area contributed by atoms with Crippen LogP contribution in [-0.2, 0) is 9.59 Å². The van der Waals surface area contributed by atoms with Crippen LogP contribution in [0.15, 0.2) is 0 Å². The molecule has 1 aliphatic heterocycles. The summed E-state index contributed by atoms with van der Waals surface area (Å²) >= 11 is 0. The number of nitrogens with one attached hydrogen (secondary N) is 1. The molecule has 1 fully saturated rings. The average molecular weight is 298 g/mol. The molecule has 1 heterocycles. The van der Waals surface area contributed by atoms with E-state index < -0.39 is 5.97 Å². The Morgan fingerprint density at radius 3 is 2.43 bits per heavy atom. The van der Waals surface area contributed by atoms with Crippen molar-refractivity contribution in [1.82, 2.24) is 10.2 Å². The van der Waals surface area contributed by atoms with Crippen LogP contribution in [0.3, 0.4) is 0 Å². The molecule has 0 bridgehead atoms. The Balaban J connectivity index is 2.32. The van der Waals surface area contributed by atoms with Crippen molar-refractivity contribution in [3.05, 3.63) is 0 Å². The van der Waals surface area contributed by atoms with Crippen LogP contribution in [0.5, 0.6) is 0 Å². The highest BCUT2D eigenvalue weighted by atomic mass is 16.4. The van der Waals surface area contributed by atoms with Crippen LogP contribution < -0.4 is 5.32 Å². The van der Waals surface area contributed by atoms with Crippen molar-refractivity contribution in [3.63, 3.8) is 0 Å². The second-order valence-corrected chi connectivity index (χ2v) is 6.29. The van der Waals surface area contributed by atoms with E-state index in [1.807, 2.05) is 13.8 Å². The average Bonchev–Trinajstić information content (AvgIpc) is 2.45. The van der Waals surface area contributed by atoms with E-state index in [0.29, 0.717) is 5.92 Å². The standard InChI is InChI=1S/C16H30N2O3/c1-4-5-12(2)17-16(21)13(3)18-10-8-14(9-11-18)6-7-15(19)20/h12-14H,4-11H2,1-3H3,(H,17,21)(H,19,20). The van der Waals surface area contributed by atoms with Crippen LogP contribution in [0.25, 0.3) is 0 Å². The largest absolute Gasteiger partial charge is 0.481 e. The van der Waals surface area contributed by atoms with E-state index in [1.54, 1.807) is 0 Å². The quantitative estimate of drug-likeness (QED) is 0.721. The number of likely N-dealkylation sites (tertiary alicyclic amines) is 1. The maximum atomic E-state index is 12.2. The number of piperidine rings is 1. The molecule has 0 aromatic carbocycles. The van der Waals surface area contributed by atoms with Crippen molar-refractivity contribution < 1.29 is 14.7 Å². The summed E-state index contributed by atoms with van der Waals surface area (Å²) in [5.41, 5.74) is 0. The molecule has 2 N–H and O–H groups in total. The van der Waals surface area contributed by atoms with Crippen molar-refractivity contribution >= 4 is 11.9 Å². The Morgan fingerprint density at radius 1 is 1.29 bits per heavy atom. The third-order valence-electron chi connectivity index (χ3n) is 4.45. The lowest BCUT2D eigenvalue weighted by Crippen LogP contribution is -2.50. The first kappa shape index (κ1) is 18.0. The number of hydrogen-bond donors (Lipinski definition) is 2. The monoisotopic (exact) mass is 298 g/mol. The number of aliphatic carboxylic acids is 1. The molecule has 1 rings (SSSR count). The third-order valence-corrected chi connectivity index (χ3v) is 4.45. The molecule has 1 saturated heterocycles. The third kappa shape index (κ3) is 6.46. The Labute approximate surface area is 128 Å². The van der Waals surface area contributed by atoms with Gasteiger partial charge in [0.05, 0.1) is 6.04 Å². The van der Waals surface area contributed by atoms with Gasteiger partial charge in [-0.15, -0.1) is 0 Å². The summed E-state index contributed by atoms with van der Waals surface area (Å²) in [5, 5.41) is 11.8. The molecular formula is C16H30N2O3. The van der Waals surface area contributed by atoms with Crippen LogP contribution in [0.1, 0.15) is 59.3 Å². The fourth-order valence-corrected chi connectivity index (χ4v) is 2.99. The van der Waals surface area contributed by atoms with E-state index in [0.717, 1.165) is 45.2 Å². The predicted molar refractivity (Wildman–Crippen MR) is 83.1 cm³/mol. The Bertz CT molecular complexity index is 338. The molecular weight excluding hydrogens is 268 g/mol. The summed E-state index contributed by atoms with van der Waals surface area (Å²) in [7, 11) is 0. The van der Waals surface area contributed by atoms with Crippen LogP contribution in [0.4, 0.5) is 0 Å². The van der Waals surface area contributed by atoms with Crippen molar-refractivity contribution in [1.29, 1.82) is 0 Å². The molecule has 2 unspecified atom stereocenters. The Kier molecular flexibility index (Phi) is 7.72. The molecule has 1 aliphatic rings. The first-order valence-corrected chi connectivity index (χ1v) is 8.20. The van der Waals surface area contributed by atoms with E-state index in [1.165, 1.54) is 0 Å². The summed E-state index contributed by atoms with van der Waals surface area (Å²) in [6.45, 7) is 7.91. The predicted octanol–water partition coefficient (Wildman–Crippen LogP) is 2.26. The Hall–Kier alpha value is -1.10. The van der Waals surface area contributed by atoms with Gasteiger partial charge < -0.3 is 10.4 Å². The normalized spacial score (nSPS) is 20.0. The van der Waals surface area contributed by atoms with Crippen LogP contribution in [-0.4, -0.2) is 47.1 Å². The number of carbonyl (C=O) groups is 2. The molecule has 5 nitrogen and oxygen atoms in total. The van der Waals surface area contributed by atoms with Gasteiger partial charge in [0.25, 0.3) is 0 Å². The van der Waals surface area contributed by atoms with Gasteiger partial charge in [0.15, 0.2) is 0 Å². The highest BCUT2D eigenvalue weighted by Gasteiger charge is 2.27. The van der Waals surface area contributed by atoms with Gasteiger partial charge in [-0.2, -0.15) is 0 Å². The zero-order valence-electron chi connectivity index (χ0n) is 13.6. The highest BCUT2D eigenvalue weighted by molar-refractivity contribution is 5.81. The number of carbonyl (C=O) groups excluding carboxylic acids is 1. The van der Waals surface area contributed by atoms with E-state index in [4.69, 9.17) is 5.11 Å². The number of amides is 1.